The van der Waals surface area contributed by atoms with Crippen molar-refractivity contribution in [1.82, 2.24) is 9.80 Å². The average molecular weight is 499 g/mol. The van der Waals surface area contributed by atoms with Crippen LogP contribution in [0.1, 0.15) is 33.6 Å². The minimum absolute atomic E-state index is 0.0437. The first-order chi connectivity index (χ1) is 17.6. The van der Waals surface area contributed by atoms with Crippen molar-refractivity contribution in [3.05, 3.63) is 100 Å². The van der Waals surface area contributed by atoms with Gasteiger partial charge in [0.2, 0.25) is 5.91 Å². The number of hydrogen-bond acceptors (Lipinski definition) is 4. The Morgan fingerprint density at radius 3 is 2.44 bits per heavy atom. The van der Waals surface area contributed by atoms with E-state index in [1.54, 1.807) is 18.4 Å². The second-order valence-electron chi connectivity index (χ2n) is 9.18. The van der Waals surface area contributed by atoms with Gasteiger partial charge in [-0.15, -0.1) is 11.3 Å². The maximum Gasteiger partial charge on any atom is 0.254 e. The molecule has 1 saturated heterocycles. The van der Waals surface area contributed by atoms with Gasteiger partial charge in [0, 0.05) is 41.6 Å². The second-order valence-corrected chi connectivity index (χ2v) is 10.2. The maximum atomic E-state index is 13.7. The van der Waals surface area contributed by atoms with Gasteiger partial charge in [0.15, 0.2) is 0 Å². The molecule has 2 heterocycles. The highest BCUT2D eigenvalue weighted by Crippen LogP contribution is 2.28. The monoisotopic (exact) mass is 498 g/mol. The molecule has 0 unspecified atom stereocenters. The van der Waals surface area contributed by atoms with Crippen LogP contribution in [0, 0.1) is 5.92 Å². The highest BCUT2D eigenvalue weighted by Gasteiger charge is 2.31. The van der Waals surface area contributed by atoms with Crippen molar-refractivity contribution >= 4 is 33.9 Å². The van der Waals surface area contributed by atoms with E-state index in [2.05, 4.69) is 6.07 Å². The number of piperidine rings is 1. The Morgan fingerprint density at radius 1 is 0.917 bits per heavy atom. The Morgan fingerprint density at radius 2 is 1.67 bits per heavy atom. The topological polar surface area (TPSA) is 49.9 Å². The first-order valence-corrected chi connectivity index (χ1v) is 13.2. The number of para-hydroxylation sites is 1. The smallest absolute Gasteiger partial charge is 0.254 e. The van der Waals surface area contributed by atoms with Crippen molar-refractivity contribution < 1.29 is 14.3 Å². The number of likely N-dealkylation sites (tertiary alicyclic amines) is 1. The number of benzene rings is 3. The quantitative estimate of drug-likeness (QED) is 0.314. The fourth-order valence-corrected chi connectivity index (χ4v) is 5.73. The molecule has 5 rings (SSSR count). The minimum atomic E-state index is -0.101. The van der Waals surface area contributed by atoms with E-state index in [1.807, 2.05) is 88.0 Å². The molecule has 5 nitrogen and oxygen atoms in total. The molecule has 0 N–H and O–H groups in total. The van der Waals surface area contributed by atoms with E-state index in [9.17, 15) is 9.59 Å². The second kappa shape index (κ2) is 11.0. The summed E-state index contributed by atoms with van der Waals surface area (Å²) in [6.45, 7) is 2.24. The van der Waals surface area contributed by atoms with Gasteiger partial charge in [0.1, 0.15) is 5.75 Å². The largest absolute Gasteiger partial charge is 0.496 e. The third-order valence-corrected chi connectivity index (χ3v) is 7.80. The number of carbonyl (C=O) groups excluding carboxylic acids is 2. The Labute approximate surface area is 215 Å². The molecular weight excluding hydrogens is 468 g/mol. The van der Waals surface area contributed by atoms with Crippen LogP contribution in [0.25, 0.3) is 10.8 Å². The molecule has 4 aromatic rings. The van der Waals surface area contributed by atoms with E-state index < -0.39 is 0 Å². The Hall–Kier alpha value is -3.64. The summed E-state index contributed by atoms with van der Waals surface area (Å²) in [5, 5.41) is 4.08. The molecule has 0 atom stereocenters. The SMILES string of the molecule is COc1ccccc1CN(Cc1cccs1)C(=O)C1CCN(C(=O)c2cccc3ccccc23)CC1. The van der Waals surface area contributed by atoms with Crippen LogP contribution in [0.15, 0.2) is 84.2 Å². The van der Waals surface area contributed by atoms with Gasteiger partial charge < -0.3 is 14.5 Å². The lowest BCUT2D eigenvalue weighted by Crippen LogP contribution is -2.44. The molecule has 0 spiro atoms. The normalized spacial score (nSPS) is 14.1. The van der Waals surface area contributed by atoms with Crippen LogP contribution in [0.5, 0.6) is 5.75 Å². The lowest BCUT2D eigenvalue weighted by Gasteiger charge is -2.34. The van der Waals surface area contributed by atoms with Gasteiger partial charge in [0.05, 0.1) is 13.7 Å². The number of rotatable bonds is 7. The van der Waals surface area contributed by atoms with Crippen molar-refractivity contribution in [3.63, 3.8) is 0 Å². The molecular formula is C30H30N2O3S. The molecule has 36 heavy (non-hydrogen) atoms. The lowest BCUT2D eigenvalue weighted by molar-refractivity contribution is -0.138. The van der Waals surface area contributed by atoms with Crippen molar-refractivity contribution in [3.8, 4) is 5.75 Å². The average Bonchev–Trinajstić information content (AvgIpc) is 3.45. The molecule has 0 aliphatic carbocycles. The van der Waals surface area contributed by atoms with Crippen molar-refractivity contribution in [2.24, 2.45) is 5.92 Å². The number of carbonyl (C=O) groups is 2. The minimum Gasteiger partial charge on any atom is -0.496 e. The molecule has 0 radical (unpaired) electrons. The van der Waals surface area contributed by atoms with E-state index in [1.165, 1.54) is 0 Å². The highest BCUT2D eigenvalue weighted by molar-refractivity contribution is 7.09. The van der Waals surface area contributed by atoms with Gasteiger partial charge in [0.25, 0.3) is 5.91 Å². The van der Waals surface area contributed by atoms with Gasteiger partial charge >= 0.3 is 0 Å². The number of thiophene rings is 1. The van der Waals surface area contributed by atoms with Gasteiger partial charge in [-0.3, -0.25) is 9.59 Å². The van der Waals surface area contributed by atoms with E-state index in [-0.39, 0.29) is 17.7 Å². The third-order valence-electron chi connectivity index (χ3n) is 6.94. The molecule has 0 saturated carbocycles. The number of methoxy groups -OCH3 is 1. The summed E-state index contributed by atoms with van der Waals surface area (Å²) in [7, 11) is 1.66. The Bertz CT molecular complexity index is 1340. The fraction of sp³-hybridized carbons (Fsp3) is 0.267. The van der Waals surface area contributed by atoms with Crippen LogP contribution < -0.4 is 4.74 Å². The van der Waals surface area contributed by atoms with Gasteiger partial charge in [-0.05, 0) is 47.2 Å². The van der Waals surface area contributed by atoms with Crippen molar-refractivity contribution in [1.29, 1.82) is 0 Å². The molecule has 1 aliphatic rings. The van der Waals surface area contributed by atoms with Crippen LogP contribution in [-0.4, -0.2) is 41.8 Å². The summed E-state index contributed by atoms with van der Waals surface area (Å²) in [6.07, 6.45) is 1.34. The van der Waals surface area contributed by atoms with Gasteiger partial charge in [-0.25, -0.2) is 0 Å². The predicted molar refractivity (Wildman–Crippen MR) is 144 cm³/mol. The Balaban J connectivity index is 1.29. The zero-order valence-corrected chi connectivity index (χ0v) is 21.2. The molecule has 1 aliphatic heterocycles. The fourth-order valence-electron chi connectivity index (χ4n) is 5.01. The Kier molecular flexibility index (Phi) is 7.33. The molecule has 0 bridgehead atoms. The summed E-state index contributed by atoms with van der Waals surface area (Å²) in [5.41, 5.74) is 1.72. The maximum absolute atomic E-state index is 13.7. The summed E-state index contributed by atoms with van der Waals surface area (Å²) in [5.74, 6) is 0.877. The van der Waals surface area contributed by atoms with Crippen LogP contribution >= 0.6 is 11.3 Å². The number of hydrogen-bond donors (Lipinski definition) is 0. The highest BCUT2D eigenvalue weighted by atomic mass is 32.1. The van der Waals surface area contributed by atoms with Crippen LogP contribution in [0.2, 0.25) is 0 Å². The molecule has 6 heteroatoms. The third kappa shape index (κ3) is 5.14. The lowest BCUT2D eigenvalue weighted by atomic mass is 9.94. The first-order valence-electron chi connectivity index (χ1n) is 12.3. The van der Waals surface area contributed by atoms with E-state index >= 15 is 0 Å². The summed E-state index contributed by atoms with van der Waals surface area (Å²) >= 11 is 1.66. The number of fused-ring (bicyclic) bond motifs is 1. The van der Waals surface area contributed by atoms with E-state index in [0.717, 1.165) is 32.5 Å². The molecule has 184 valence electrons. The number of amides is 2. The van der Waals surface area contributed by atoms with E-state index in [0.29, 0.717) is 39.0 Å². The number of nitrogens with zero attached hydrogens (tertiary/aromatic N) is 2. The first kappa shape index (κ1) is 24.1. The predicted octanol–water partition coefficient (Wildman–Crippen LogP) is 5.99. The van der Waals surface area contributed by atoms with Crippen molar-refractivity contribution in [2.75, 3.05) is 20.2 Å². The van der Waals surface area contributed by atoms with E-state index in [4.69, 9.17) is 4.74 Å². The number of ether oxygens (including phenoxy) is 1. The summed E-state index contributed by atoms with van der Waals surface area (Å²) in [6, 6.07) is 25.8. The van der Waals surface area contributed by atoms with Crippen LogP contribution in [0.4, 0.5) is 0 Å². The van der Waals surface area contributed by atoms with Gasteiger partial charge in [-0.2, -0.15) is 0 Å². The molecule has 2 amide bonds. The van der Waals surface area contributed by atoms with Crippen LogP contribution in [0.3, 0.4) is 0 Å². The van der Waals surface area contributed by atoms with Crippen LogP contribution in [-0.2, 0) is 17.9 Å². The zero-order valence-electron chi connectivity index (χ0n) is 20.4. The van der Waals surface area contributed by atoms with Crippen molar-refractivity contribution in [2.45, 2.75) is 25.9 Å². The molecule has 1 fully saturated rings. The van der Waals surface area contributed by atoms with Gasteiger partial charge in [-0.1, -0.05) is 60.7 Å². The molecule has 3 aromatic carbocycles. The summed E-state index contributed by atoms with van der Waals surface area (Å²) in [4.78, 5) is 32.1. The molecule has 1 aromatic heterocycles. The zero-order chi connectivity index (χ0) is 24.9. The standard InChI is InChI=1S/C30H30N2O3S/c1-35-28-14-5-3-9-24(28)20-32(21-25-11-7-19-36-25)29(33)23-15-17-31(18-16-23)30(34)27-13-6-10-22-8-2-4-12-26(22)27/h2-14,19,23H,15-18,20-21H2,1H3. The summed E-state index contributed by atoms with van der Waals surface area (Å²) < 4.78 is 5.54.